The van der Waals surface area contributed by atoms with Gasteiger partial charge in [-0.2, -0.15) is 0 Å². The Hall–Kier alpha value is -2.70. The van der Waals surface area contributed by atoms with Gasteiger partial charge in [0.15, 0.2) is 0 Å². The molecule has 0 aliphatic heterocycles. The molecule has 1 heterocycles. The van der Waals surface area contributed by atoms with E-state index in [1.807, 2.05) is 0 Å². The first-order valence-corrected chi connectivity index (χ1v) is 5.35. The number of nitrogens with zero attached hydrogens (tertiary/aromatic N) is 1. The molecule has 2 N–H and O–H groups in total. The predicted octanol–water partition coefficient (Wildman–Crippen LogP) is 0.465. The van der Waals surface area contributed by atoms with E-state index in [0.29, 0.717) is 0 Å². The van der Waals surface area contributed by atoms with Crippen molar-refractivity contribution < 1.29 is 9.18 Å². The topological polar surface area (TPSA) is 84.0 Å². The summed E-state index contributed by atoms with van der Waals surface area (Å²) < 4.78 is 14.1. The van der Waals surface area contributed by atoms with Crippen LogP contribution in [0.15, 0.2) is 40.1 Å². The summed E-state index contributed by atoms with van der Waals surface area (Å²) in [6.45, 7) is 0. The summed E-state index contributed by atoms with van der Waals surface area (Å²) in [6, 6.07) is 5.57. The summed E-state index contributed by atoms with van der Waals surface area (Å²) in [5.74, 6) is -1.40. The van der Waals surface area contributed by atoms with Crippen LogP contribution in [-0.2, 0) is 7.05 Å². The van der Waals surface area contributed by atoms with Crippen LogP contribution >= 0.6 is 0 Å². The molecule has 7 heteroatoms. The largest absolute Gasteiger partial charge is 0.328 e. The van der Waals surface area contributed by atoms with Gasteiger partial charge in [0.25, 0.3) is 11.5 Å². The molecule has 0 saturated heterocycles. The SMILES string of the molecule is Cn1c(=O)[nH]cc(C(=O)Nc2ccccc2F)c1=O. The summed E-state index contributed by atoms with van der Waals surface area (Å²) in [7, 11) is 1.24. The molecule has 0 spiro atoms. The van der Waals surface area contributed by atoms with E-state index in [-0.39, 0.29) is 11.3 Å². The third kappa shape index (κ3) is 2.44. The molecule has 0 saturated carbocycles. The van der Waals surface area contributed by atoms with Crippen LogP contribution in [0.25, 0.3) is 0 Å². The van der Waals surface area contributed by atoms with E-state index in [1.165, 1.54) is 25.2 Å². The highest BCUT2D eigenvalue weighted by Gasteiger charge is 2.14. The molecular weight excluding hydrogens is 253 g/mol. The molecule has 0 bridgehead atoms. The van der Waals surface area contributed by atoms with Crippen molar-refractivity contribution in [3.05, 3.63) is 62.7 Å². The summed E-state index contributed by atoms with van der Waals surface area (Å²) in [5, 5.41) is 2.26. The van der Waals surface area contributed by atoms with Crippen molar-refractivity contribution >= 4 is 11.6 Å². The number of H-pyrrole nitrogens is 1. The Kier molecular flexibility index (Phi) is 3.28. The molecule has 1 amide bonds. The molecule has 1 aromatic heterocycles. The van der Waals surface area contributed by atoms with Gasteiger partial charge < -0.3 is 10.3 Å². The van der Waals surface area contributed by atoms with Crippen LogP contribution in [0.3, 0.4) is 0 Å². The average Bonchev–Trinajstić information content (AvgIpc) is 2.39. The fourth-order valence-corrected chi connectivity index (χ4v) is 1.48. The van der Waals surface area contributed by atoms with Crippen molar-refractivity contribution in [3.8, 4) is 0 Å². The first kappa shape index (κ1) is 12.7. The number of benzene rings is 1. The van der Waals surface area contributed by atoms with Crippen LogP contribution in [0.4, 0.5) is 10.1 Å². The number of carbonyl (C=O) groups excluding carboxylic acids is 1. The Labute approximate surface area is 106 Å². The highest BCUT2D eigenvalue weighted by Crippen LogP contribution is 2.12. The molecule has 6 nitrogen and oxygen atoms in total. The number of nitrogens with one attached hydrogen (secondary N) is 2. The molecule has 2 rings (SSSR count). The predicted molar refractivity (Wildman–Crippen MR) is 66.7 cm³/mol. The number of anilines is 1. The zero-order valence-corrected chi connectivity index (χ0v) is 9.94. The Morgan fingerprint density at radius 3 is 2.68 bits per heavy atom. The van der Waals surface area contributed by atoms with E-state index in [4.69, 9.17) is 0 Å². The number of amides is 1. The fourth-order valence-electron chi connectivity index (χ4n) is 1.48. The van der Waals surface area contributed by atoms with Crippen molar-refractivity contribution in [1.82, 2.24) is 9.55 Å². The molecule has 0 unspecified atom stereocenters. The molecular formula is C12H10FN3O3. The van der Waals surface area contributed by atoms with Gasteiger partial charge in [-0.15, -0.1) is 0 Å². The number of hydrogen-bond acceptors (Lipinski definition) is 3. The van der Waals surface area contributed by atoms with Crippen LogP contribution in [-0.4, -0.2) is 15.5 Å². The molecule has 19 heavy (non-hydrogen) atoms. The number of carbonyl (C=O) groups is 1. The van der Waals surface area contributed by atoms with E-state index >= 15 is 0 Å². The lowest BCUT2D eigenvalue weighted by Crippen LogP contribution is -2.37. The minimum Gasteiger partial charge on any atom is -0.319 e. The highest BCUT2D eigenvalue weighted by molar-refractivity contribution is 6.03. The second kappa shape index (κ2) is 4.89. The van der Waals surface area contributed by atoms with Gasteiger partial charge in [-0.3, -0.25) is 14.2 Å². The van der Waals surface area contributed by atoms with E-state index in [0.717, 1.165) is 10.8 Å². The van der Waals surface area contributed by atoms with Gasteiger partial charge in [0.2, 0.25) is 0 Å². The van der Waals surface area contributed by atoms with Crippen molar-refractivity contribution in [2.24, 2.45) is 7.05 Å². The molecule has 0 fully saturated rings. The van der Waals surface area contributed by atoms with Gasteiger partial charge in [0.05, 0.1) is 5.69 Å². The average molecular weight is 263 g/mol. The number of aromatic nitrogens is 2. The van der Waals surface area contributed by atoms with E-state index in [1.54, 1.807) is 6.07 Å². The number of para-hydroxylation sites is 1. The van der Waals surface area contributed by atoms with E-state index in [2.05, 4.69) is 10.3 Å². The maximum absolute atomic E-state index is 13.4. The maximum Gasteiger partial charge on any atom is 0.328 e. The standard InChI is InChI=1S/C12H10FN3O3/c1-16-11(18)7(6-14-12(16)19)10(17)15-9-5-3-2-4-8(9)13/h2-6H,1H3,(H,14,19)(H,15,17). The van der Waals surface area contributed by atoms with E-state index < -0.39 is 23.0 Å². The molecule has 2 aromatic rings. The van der Waals surface area contributed by atoms with Crippen LogP contribution in [0.5, 0.6) is 0 Å². The lowest BCUT2D eigenvalue weighted by molar-refractivity contribution is 0.102. The Balaban J connectivity index is 2.37. The fraction of sp³-hybridized carbons (Fsp3) is 0.0833. The van der Waals surface area contributed by atoms with Crippen molar-refractivity contribution in [1.29, 1.82) is 0 Å². The number of hydrogen-bond donors (Lipinski definition) is 2. The second-order valence-electron chi connectivity index (χ2n) is 3.81. The smallest absolute Gasteiger partial charge is 0.319 e. The monoisotopic (exact) mass is 263 g/mol. The maximum atomic E-state index is 13.4. The zero-order valence-electron chi connectivity index (χ0n) is 9.94. The molecule has 0 radical (unpaired) electrons. The van der Waals surface area contributed by atoms with Crippen LogP contribution in [0, 0.1) is 5.82 Å². The third-order valence-electron chi connectivity index (χ3n) is 2.55. The zero-order chi connectivity index (χ0) is 14.0. The molecule has 98 valence electrons. The summed E-state index contributed by atoms with van der Waals surface area (Å²) in [6.07, 6.45) is 1.00. The normalized spacial score (nSPS) is 10.2. The van der Waals surface area contributed by atoms with Gasteiger partial charge in [-0.05, 0) is 12.1 Å². The summed E-state index contributed by atoms with van der Waals surface area (Å²) in [5.41, 5.74) is -1.70. The minimum absolute atomic E-state index is 0.0410. The Bertz CT molecular complexity index is 748. The van der Waals surface area contributed by atoms with Gasteiger partial charge in [-0.25, -0.2) is 9.18 Å². The lowest BCUT2D eigenvalue weighted by Gasteiger charge is -2.06. The number of aromatic amines is 1. The van der Waals surface area contributed by atoms with Crippen molar-refractivity contribution in [3.63, 3.8) is 0 Å². The van der Waals surface area contributed by atoms with Crippen molar-refractivity contribution in [2.45, 2.75) is 0 Å². The quantitative estimate of drug-likeness (QED) is 0.825. The lowest BCUT2D eigenvalue weighted by atomic mass is 10.2. The van der Waals surface area contributed by atoms with Crippen molar-refractivity contribution in [2.75, 3.05) is 5.32 Å². The van der Waals surface area contributed by atoms with Gasteiger partial charge in [0.1, 0.15) is 11.4 Å². The van der Waals surface area contributed by atoms with Crippen LogP contribution in [0.1, 0.15) is 10.4 Å². The first-order valence-electron chi connectivity index (χ1n) is 5.35. The molecule has 0 aliphatic rings. The van der Waals surface area contributed by atoms with Gasteiger partial charge in [-0.1, -0.05) is 12.1 Å². The van der Waals surface area contributed by atoms with Crippen LogP contribution < -0.4 is 16.6 Å². The molecule has 0 atom stereocenters. The summed E-state index contributed by atoms with van der Waals surface area (Å²) in [4.78, 5) is 36.9. The Morgan fingerprint density at radius 2 is 2.00 bits per heavy atom. The number of rotatable bonds is 2. The third-order valence-corrected chi connectivity index (χ3v) is 2.55. The first-order chi connectivity index (χ1) is 9.00. The minimum atomic E-state index is -0.790. The number of halogens is 1. The van der Waals surface area contributed by atoms with Gasteiger partial charge >= 0.3 is 5.69 Å². The Morgan fingerprint density at radius 1 is 1.32 bits per heavy atom. The molecule has 1 aromatic carbocycles. The van der Waals surface area contributed by atoms with E-state index in [9.17, 15) is 18.8 Å². The molecule has 0 aliphatic carbocycles. The van der Waals surface area contributed by atoms with Crippen LogP contribution in [0.2, 0.25) is 0 Å². The second-order valence-corrected chi connectivity index (χ2v) is 3.81. The van der Waals surface area contributed by atoms with Gasteiger partial charge in [0, 0.05) is 13.2 Å². The highest BCUT2D eigenvalue weighted by atomic mass is 19.1. The summed E-state index contributed by atoms with van der Waals surface area (Å²) >= 11 is 0.